The van der Waals surface area contributed by atoms with Crippen molar-refractivity contribution >= 4 is 11.4 Å². The zero-order valence-electron chi connectivity index (χ0n) is 16.9. The molecule has 0 aliphatic heterocycles. The van der Waals surface area contributed by atoms with Crippen molar-refractivity contribution in [1.82, 2.24) is 0 Å². The molecule has 0 bridgehead atoms. The van der Waals surface area contributed by atoms with Gasteiger partial charge in [-0.3, -0.25) is 0 Å². The van der Waals surface area contributed by atoms with E-state index in [2.05, 4.69) is 107 Å². The normalized spacial score (nSPS) is 12.4. The molecule has 0 amide bonds. The topological polar surface area (TPSA) is 3.24 Å². The number of para-hydroxylation sites is 2. The van der Waals surface area contributed by atoms with Crippen molar-refractivity contribution in [2.24, 2.45) is 16.7 Å². The lowest BCUT2D eigenvalue weighted by molar-refractivity contribution is 0.0914. The third-order valence-electron chi connectivity index (χ3n) is 5.10. The highest BCUT2D eigenvalue weighted by Gasteiger charge is 2.34. The van der Waals surface area contributed by atoms with Crippen LogP contribution in [0.3, 0.4) is 0 Å². The van der Waals surface area contributed by atoms with Crippen LogP contribution in [-0.4, -0.2) is 6.54 Å². The molecule has 0 aliphatic carbocycles. The van der Waals surface area contributed by atoms with Crippen molar-refractivity contribution in [3.05, 3.63) is 60.7 Å². The summed E-state index contributed by atoms with van der Waals surface area (Å²) in [5, 5.41) is 0. The van der Waals surface area contributed by atoms with E-state index in [9.17, 15) is 0 Å². The molecule has 2 aromatic rings. The molecule has 25 heavy (non-hydrogen) atoms. The largest absolute Gasteiger partial charge is 0.341 e. The molecule has 0 heterocycles. The Morgan fingerprint density at radius 1 is 0.680 bits per heavy atom. The van der Waals surface area contributed by atoms with Crippen LogP contribution < -0.4 is 4.90 Å². The highest BCUT2D eigenvalue weighted by Crippen LogP contribution is 2.43. The van der Waals surface area contributed by atoms with Gasteiger partial charge >= 0.3 is 0 Å². The first kappa shape index (κ1) is 19.6. The minimum absolute atomic E-state index is 0.336. The molecule has 0 atom stereocenters. The van der Waals surface area contributed by atoms with Gasteiger partial charge in [-0.25, -0.2) is 0 Å². The van der Waals surface area contributed by atoms with Crippen molar-refractivity contribution in [2.45, 2.75) is 54.4 Å². The highest BCUT2D eigenvalue weighted by molar-refractivity contribution is 5.62. The van der Waals surface area contributed by atoms with Crippen LogP contribution in [0.1, 0.15) is 54.4 Å². The Morgan fingerprint density at radius 3 is 1.44 bits per heavy atom. The molecule has 0 saturated heterocycles. The molecule has 2 aromatic carbocycles. The summed E-state index contributed by atoms with van der Waals surface area (Å²) in [5.41, 5.74) is 3.22. The van der Waals surface area contributed by atoms with E-state index in [1.54, 1.807) is 0 Å². The van der Waals surface area contributed by atoms with E-state index in [1.165, 1.54) is 24.2 Å². The first-order valence-corrected chi connectivity index (χ1v) is 9.57. The lowest BCUT2D eigenvalue weighted by atomic mass is 9.65. The van der Waals surface area contributed by atoms with Crippen LogP contribution in [0.2, 0.25) is 0 Å². The second kappa shape index (κ2) is 8.08. The van der Waals surface area contributed by atoms with Crippen molar-refractivity contribution in [2.75, 3.05) is 11.4 Å². The fourth-order valence-electron chi connectivity index (χ4n) is 4.24. The van der Waals surface area contributed by atoms with Crippen LogP contribution in [0.25, 0.3) is 0 Å². The summed E-state index contributed by atoms with van der Waals surface area (Å²) in [7, 11) is 0. The molecule has 0 saturated carbocycles. The molecule has 0 radical (unpaired) electrons. The standard InChI is InChI=1S/C24H35N/c1-23(2,3)22(24(4,5)6)18-13-19-25(20-14-9-7-10-15-20)21-16-11-8-12-17-21/h7-12,14-17,22H,13,18-19H2,1-6H3. The van der Waals surface area contributed by atoms with Crippen molar-refractivity contribution in [3.63, 3.8) is 0 Å². The van der Waals surface area contributed by atoms with Gasteiger partial charge < -0.3 is 4.90 Å². The molecule has 0 aromatic heterocycles. The van der Waals surface area contributed by atoms with Gasteiger partial charge in [-0.1, -0.05) is 77.9 Å². The summed E-state index contributed by atoms with van der Waals surface area (Å²) in [4.78, 5) is 2.45. The number of hydrogen-bond donors (Lipinski definition) is 0. The summed E-state index contributed by atoms with van der Waals surface area (Å²) in [5.74, 6) is 0.702. The Kier molecular flexibility index (Phi) is 6.32. The Labute approximate surface area is 155 Å². The summed E-state index contributed by atoms with van der Waals surface area (Å²) in [6.45, 7) is 15.4. The number of nitrogens with zero attached hydrogens (tertiary/aromatic N) is 1. The van der Waals surface area contributed by atoms with E-state index in [4.69, 9.17) is 0 Å². The molecule has 0 spiro atoms. The van der Waals surface area contributed by atoms with Crippen molar-refractivity contribution in [3.8, 4) is 0 Å². The third-order valence-corrected chi connectivity index (χ3v) is 5.10. The average molecular weight is 338 g/mol. The Balaban J connectivity index is 2.13. The molecule has 0 fully saturated rings. The van der Waals surface area contributed by atoms with Crippen LogP contribution in [-0.2, 0) is 0 Å². The fraction of sp³-hybridized carbons (Fsp3) is 0.500. The maximum absolute atomic E-state index is 2.45. The van der Waals surface area contributed by atoms with Gasteiger partial charge in [0.2, 0.25) is 0 Å². The Hall–Kier alpha value is -1.76. The summed E-state index contributed by atoms with van der Waals surface area (Å²) < 4.78 is 0. The van der Waals surface area contributed by atoms with Gasteiger partial charge in [0.05, 0.1) is 0 Å². The van der Waals surface area contributed by atoms with Gasteiger partial charge in [-0.05, 0) is 53.9 Å². The van der Waals surface area contributed by atoms with Gasteiger partial charge in [0.15, 0.2) is 0 Å². The molecule has 1 heteroatoms. The van der Waals surface area contributed by atoms with Crippen molar-refractivity contribution < 1.29 is 0 Å². The van der Waals surface area contributed by atoms with Crippen molar-refractivity contribution in [1.29, 1.82) is 0 Å². The SMILES string of the molecule is CC(C)(C)C(CCCN(c1ccccc1)c1ccccc1)C(C)(C)C. The Bertz CT molecular complexity index is 563. The molecular formula is C24H35N. The maximum Gasteiger partial charge on any atom is 0.0410 e. The van der Waals surface area contributed by atoms with E-state index in [0.717, 1.165) is 6.54 Å². The van der Waals surface area contributed by atoms with E-state index >= 15 is 0 Å². The first-order chi connectivity index (χ1) is 11.7. The number of rotatable bonds is 6. The summed E-state index contributed by atoms with van der Waals surface area (Å²) >= 11 is 0. The molecule has 1 nitrogen and oxygen atoms in total. The smallest absolute Gasteiger partial charge is 0.0410 e. The molecule has 0 N–H and O–H groups in total. The third kappa shape index (κ3) is 5.63. The minimum Gasteiger partial charge on any atom is -0.341 e. The molecule has 0 unspecified atom stereocenters. The average Bonchev–Trinajstić information content (AvgIpc) is 2.54. The van der Waals surface area contributed by atoms with Crippen LogP contribution >= 0.6 is 0 Å². The summed E-state index contributed by atoms with van der Waals surface area (Å²) in [6, 6.07) is 21.5. The fourth-order valence-corrected chi connectivity index (χ4v) is 4.24. The van der Waals surface area contributed by atoms with Gasteiger partial charge in [0, 0.05) is 17.9 Å². The van der Waals surface area contributed by atoms with E-state index < -0.39 is 0 Å². The number of anilines is 2. The van der Waals surface area contributed by atoms with E-state index in [0.29, 0.717) is 16.7 Å². The van der Waals surface area contributed by atoms with Crippen LogP contribution in [0.15, 0.2) is 60.7 Å². The lowest BCUT2D eigenvalue weighted by Gasteiger charge is -2.41. The second-order valence-electron chi connectivity index (χ2n) is 9.25. The predicted molar refractivity (Wildman–Crippen MR) is 112 cm³/mol. The quantitative estimate of drug-likeness (QED) is 0.534. The van der Waals surface area contributed by atoms with Gasteiger partial charge in [-0.2, -0.15) is 0 Å². The number of benzene rings is 2. The molecular weight excluding hydrogens is 302 g/mol. The van der Waals surface area contributed by atoms with Crippen LogP contribution in [0.5, 0.6) is 0 Å². The van der Waals surface area contributed by atoms with E-state index in [1.807, 2.05) is 0 Å². The first-order valence-electron chi connectivity index (χ1n) is 9.57. The lowest BCUT2D eigenvalue weighted by Crippen LogP contribution is -2.33. The minimum atomic E-state index is 0.336. The Morgan fingerprint density at radius 2 is 1.08 bits per heavy atom. The van der Waals surface area contributed by atoms with Gasteiger partial charge in [0.1, 0.15) is 0 Å². The molecule has 2 rings (SSSR count). The maximum atomic E-state index is 2.45. The highest BCUT2D eigenvalue weighted by atomic mass is 15.1. The van der Waals surface area contributed by atoms with E-state index in [-0.39, 0.29) is 0 Å². The van der Waals surface area contributed by atoms with Gasteiger partial charge in [-0.15, -0.1) is 0 Å². The van der Waals surface area contributed by atoms with Crippen LogP contribution in [0, 0.1) is 16.7 Å². The zero-order chi connectivity index (χ0) is 18.5. The molecule has 0 aliphatic rings. The van der Waals surface area contributed by atoms with Crippen LogP contribution in [0.4, 0.5) is 11.4 Å². The number of hydrogen-bond acceptors (Lipinski definition) is 1. The second-order valence-corrected chi connectivity index (χ2v) is 9.25. The zero-order valence-corrected chi connectivity index (χ0v) is 16.9. The van der Waals surface area contributed by atoms with Gasteiger partial charge in [0.25, 0.3) is 0 Å². The predicted octanol–water partition coefficient (Wildman–Crippen LogP) is 7.31. The summed E-state index contributed by atoms with van der Waals surface area (Å²) in [6.07, 6.45) is 2.45. The monoisotopic (exact) mass is 337 g/mol. The molecule has 136 valence electrons.